The van der Waals surface area contributed by atoms with Crippen LogP contribution in [-0.2, 0) is 10.0 Å². The van der Waals surface area contributed by atoms with Crippen molar-refractivity contribution in [3.05, 3.63) is 29.8 Å². The topological polar surface area (TPSA) is 73.2 Å². The van der Waals surface area contributed by atoms with Gasteiger partial charge in [-0.2, -0.15) is 5.26 Å². The van der Waals surface area contributed by atoms with Gasteiger partial charge in [0.2, 0.25) is 10.0 Å². The minimum Gasteiger partial charge on any atom is -0.305 e. The number of hydrogen-bond donors (Lipinski definition) is 1. The molecule has 1 N–H and O–H groups in total. The normalized spacial score (nSPS) is 17.8. The number of likely N-dealkylation sites (N-methyl/N-ethyl adjacent to an activating group) is 1. The average Bonchev–Trinajstić information content (AvgIpc) is 2.55. The van der Waals surface area contributed by atoms with Crippen molar-refractivity contribution in [2.75, 3.05) is 20.6 Å². The van der Waals surface area contributed by atoms with E-state index in [9.17, 15) is 8.42 Å². The monoisotopic (exact) mass is 335 g/mol. The lowest BCUT2D eigenvalue weighted by atomic mass is 9.83. The van der Waals surface area contributed by atoms with Crippen molar-refractivity contribution in [2.24, 2.45) is 5.92 Å². The Morgan fingerprint density at radius 3 is 2.61 bits per heavy atom. The molecule has 0 bridgehead atoms. The molecule has 0 radical (unpaired) electrons. The van der Waals surface area contributed by atoms with Gasteiger partial charge in [-0.25, -0.2) is 13.1 Å². The van der Waals surface area contributed by atoms with E-state index in [1.807, 2.05) is 20.2 Å². The van der Waals surface area contributed by atoms with E-state index in [0.29, 0.717) is 18.0 Å². The fraction of sp³-hybridized carbons (Fsp3) is 0.588. The van der Waals surface area contributed by atoms with Gasteiger partial charge in [0.15, 0.2) is 0 Å². The zero-order chi connectivity index (χ0) is 16.9. The second-order valence-corrected chi connectivity index (χ2v) is 8.19. The fourth-order valence-electron chi connectivity index (χ4n) is 3.30. The Labute approximate surface area is 139 Å². The minimum atomic E-state index is -3.59. The molecule has 1 aliphatic carbocycles. The summed E-state index contributed by atoms with van der Waals surface area (Å²) in [7, 11) is 0.420. The van der Waals surface area contributed by atoms with Crippen LogP contribution in [0.15, 0.2) is 29.2 Å². The molecule has 126 valence electrons. The highest BCUT2D eigenvalue weighted by Crippen LogP contribution is 2.28. The van der Waals surface area contributed by atoms with Crippen LogP contribution >= 0.6 is 0 Å². The molecule has 5 nitrogen and oxygen atoms in total. The highest BCUT2D eigenvalue weighted by atomic mass is 32.2. The maximum Gasteiger partial charge on any atom is 0.240 e. The molecule has 0 spiro atoms. The number of nitrogens with one attached hydrogen (secondary N) is 1. The molecular formula is C17H25N3O2S. The van der Waals surface area contributed by atoms with E-state index in [-0.39, 0.29) is 10.9 Å². The molecule has 0 unspecified atom stereocenters. The summed E-state index contributed by atoms with van der Waals surface area (Å²) in [5.41, 5.74) is 0.351. The first-order valence-electron chi connectivity index (χ1n) is 8.10. The SMILES string of the molecule is CN(C)[C@@H](CNS(=O)(=O)c1cccc(C#N)c1)C1CCCCC1. The maximum atomic E-state index is 12.5. The van der Waals surface area contributed by atoms with E-state index in [0.717, 1.165) is 12.8 Å². The van der Waals surface area contributed by atoms with Crippen molar-refractivity contribution >= 4 is 10.0 Å². The Balaban J connectivity index is 2.08. The zero-order valence-corrected chi connectivity index (χ0v) is 14.6. The van der Waals surface area contributed by atoms with Crippen molar-refractivity contribution in [3.63, 3.8) is 0 Å². The lowest BCUT2D eigenvalue weighted by Gasteiger charge is -2.34. The molecule has 1 saturated carbocycles. The molecule has 2 rings (SSSR count). The summed E-state index contributed by atoms with van der Waals surface area (Å²) < 4.78 is 27.7. The largest absolute Gasteiger partial charge is 0.305 e. The maximum absolute atomic E-state index is 12.5. The summed E-state index contributed by atoms with van der Waals surface area (Å²) >= 11 is 0. The lowest BCUT2D eigenvalue weighted by Crippen LogP contribution is -2.45. The van der Waals surface area contributed by atoms with Gasteiger partial charge in [-0.3, -0.25) is 0 Å². The predicted octanol–water partition coefficient (Wildman–Crippen LogP) is 2.35. The summed E-state index contributed by atoms with van der Waals surface area (Å²) in [4.78, 5) is 2.27. The number of nitriles is 1. The number of nitrogens with zero attached hydrogens (tertiary/aromatic N) is 2. The van der Waals surface area contributed by atoms with Crippen LogP contribution in [0.5, 0.6) is 0 Å². The molecule has 0 saturated heterocycles. The van der Waals surface area contributed by atoms with Crippen LogP contribution < -0.4 is 4.72 Å². The number of benzene rings is 1. The predicted molar refractivity (Wildman–Crippen MR) is 90.4 cm³/mol. The third-order valence-electron chi connectivity index (χ3n) is 4.61. The Hall–Kier alpha value is -1.42. The summed E-state index contributed by atoms with van der Waals surface area (Å²) in [5.74, 6) is 0.534. The van der Waals surface area contributed by atoms with E-state index >= 15 is 0 Å². The number of sulfonamides is 1. The number of rotatable bonds is 6. The molecule has 0 aromatic heterocycles. The van der Waals surface area contributed by atoms with Crippen molar-refractivity contribution in [2.45, 2.75) is 43.0 Å². The molecule has 1 atom stereocenters. The van der Waals surface area contributed by atoms with Crippen molar-refractivity contribution in [3.8, 4) is 6.07 Å². The van der Waals surface area contributed by atoms with Gasteiger partial charge in [0.05, 0.1) is 16.5 Å². The second kappa shape index (κ2) is 7.91. The van der Waals surface area contributed by atoms with E-state index in [2.05, 4.69) is 9.62 Å². The van der Waals surface area contributed by atoms with Gasteiger partial charge in [0.25, 0.3) is 0 Å². The van der Waals surface area contributed by atoms with Gasteiger partial charge in [0, 0.05) is 12.6 Å². The first-order valence-corrected chi connectivity index (χ1v) is 9.58. The summed E-state index contributed by atoms with van der Waals surface area (Å²) in [6, 6.07) is 8.30. The Bertz CT molecular complexity index is 659. The van der Waals surface area contributed by atoms with E-state index in [1.54, 1.807) is 12.1 Å². The van der Waals surface area contributed by atoms with Crippen LogP contribution in [0, 0.1) is 17.2 Å². The molecule has 0 heterocycles. The van der Waals surface area contributed by atoms with Gasteiger partial charge in [-0.05, 0) is 51.1 Å². The van der Waals surface area contributed by atoms with Gasteiger partial charge >= 0.3 is 0 Å². The standard InChI is InChI=1S/C17H25N3O2S/c1-20(2)17(15-8-4-3-5-9-15)13-19-23(21,22)16-10-6-7-14(11-16)12-18/h6-7,10-11,15,17,19H,3-5,8-9,13H2,1-2H3/t17-/m0/s1. The Morgan fingerprint density at radius 2 is 2.00 bits per heavy atom. The molecular weight excluding hydrogens is 310 g/mol. The third kappa shape index (κ3) is 4.77. The van der Waals surface area contributed by atoms with Crippen LogP contribution in [0.25, 0.3) is 0 Å². The van der Waals surface area contributed by atoms with E-state index < -0.39 is 10.0 Å². The molecule has 23 heavy (non-hydrogen) atoms. The van der Waals surface area contributed by atoms with Crippen LogP contribution in [-0.4, -0.2) is 40.0 Å². The Kier molecular flexibility index (Phi) is 6.17. The van der Waals surface area contributed by atoms with E-state index in [1.165, 1.54) is 31.4 Å². The molecule has 1 aliphatic rings. The van der Waals surface area contributed by atoms with Crippen LogP contribution in [0.3, 0.4) is 0 Å². The fourth-order valence-corrected chi connectivity index (χ4v) is 4.40. The smallest absolute Gasteiger partial charge is 0.240 e. The van der Waals surface area contributed by atoms with Crippen LogP contribution in [0.1, 0.15) is 37.7 Å². The van der Waals surface area contributed by atoms with Gasteiger partial charge in [0.1, 0.15) is 0 Å². The average molecular weight is 335 g/mol. The molecule has 0 aliphatic heterocycles. The summed E-state index contributed by atoms with van der Waals surface area (Å²) in [6.45, 7) is 0.400. The van der Waals surface area contributed by atoms with Crippen LogP contribution in [0.4, 0.5) is 0 Å². The van der Waals surface area contributed by atoms with E-state index in [4.69, 9.17) is 5.26 Å². The molecule has 0 amide bonds. The first-order chi connectivity index (χ1) is 10.9. The second-order valence-electron chi connectivity index (χ2n) is 6.42. The van der Waals surface area contributed by atoms with Gasteiger partial charge < -0.3 is 4.90 Å². The highest BCUT2D eigenvalue weighted by molar-refractivity contribution is 7.89. The molecule has 1 fully saturated rings. The zero-order valence-electron chi connectivity index (χ0n) is 13.8. The van der Waals surface area contributed by atoms with Crippen LogP contribution in [0.2, 0.25) is 0 Å². The lowest BCUT2D eigenvalue weighted by molar-refractivity contribution is 0.172. The summed E-state index contributed by atoms with van der Waals surface area (Å²) in [5, 5.41) is 8.92. The van der Waals surface area contributed by atoms with Crippen molar-refractivity contribution in [1.29, 1.82) is 5.26 Å². The Morgan fingerprint density at radius 1 is 1.30 bits per heavy atom. The summed E-state index contributed by atoms with van der Waals surface area (Å²) in [6.07, 6.45) is 6.06. The quantitative estimate of drug-likeness (QED) is 0.866. The minimum absolute atomic E-state index is 0.151. The third-order valence-corrected chi connectivity index (χ3v) is 6.03. The van der Waals surface area contributed by atoms with Crippen molar-refractivity contribution in [1.82, 2.24) is 9.62 Å². The molecule has 1 aromatic carbocycles. The highest BCUT2D eigenvalue weighted by Gasteiger charge is 2.27. The van der Waals surface area contributed by atoms with Gasteiger partial charge in [-0.1, -0.05) is 25.3 Å². The molecule has 6 heteroatoms. The van der Waals surface area contributed by atoms with Gasteiger partial charge in [-0.15, -0.1) is 0 Å². The van der Waals surface area contributed by atoms with Crippen molar-refractivity contribution < 1.29 is 8.42 Å². The number of hydrogen-bond acceptors (Lipinski definition) is 4. The first kappa shape index (κ1) is 17.9. The molecule has 1 aromatic rings.